The van der Waals surface area contributed by atoms with E-state index in [-0.39, 0.29) is 0 Å². The van der Waals surface area contributed by atoms with E-state index in [1.807, 2.05) is 12.4 Å². The van der Waals surface area contributed by atoms with Crippen LogP contribution in [0.2, 0.25) is 0 Å². The van der Waals surface area contributed by atoms with Gasteiger partial charge in [0, 0.05) is 18.9 Å². The predicted octanol–water partition coefficient (Wildman–Crippen LogP) is 1.57. The van der Waals surface area contributed by atoms with Crippen LogP contribution in [0.1, 0.15) is 31.1 Å². The molecular formula is C10H15N3. The van der Waals surface area contributed by atoms with Gasteiger partial charge in [0.25, 0.3) is 0 Å². The Balaban J connectivity index is 1.85. The molecule has 2 heterocycles. The van der Waals surface area contributed by atoms with Crippen LogP contribution >= 0.6 is 0 Å². The minimum Gasteiger partial charge on any atom is -0.347 e. The summed E-state index contributed by atoms with van der Waals surface area (Å²) in [5.41, 5.74) is 0.673. The Morgan fingerprint density at radius 3 is 3.00 bits per heavy atom. The number of aromatic nitrogens is 2. The topological polar surface area (TPSA) is 31.9 Å². The molecule has 0 aromatic carbocycles. The van der Waals surface area contributed by atoms with E-state index in [0.717, 1.165) is 5.82 Å². The molecule has 1 spiro atoms. The molecule has 0 amide bonds. The molecule has 1 aliphatic carbocycles. The van der Waals surface area contributed by atoms with Crippen molar-refractivity contribution < 1.29 is 0 Å². The summed E-state index contributed by atoms with van der Waals surface area (Å²) < 4.78 is 0. The van der Waals surface area contributed by atoms with E-state index >= 15 is 0 Å². The molecule has 0 bridgehead atoms. The van der Waals surface area contributed by atoms with Gasteiger partial charge in [-0.1, -0.05) is 0 Å². The third kappa shape index (κ3) is 1.10. The molecule has 3 rings (SSSR count). The molecule has 1 aromatic heterocycles. The molecule has 13 heavy (non-hydrogen) atoms. The van der Waals surface area contributed by atoms with Crippen molar-refractivity contribution >= 4 is 0 Å². The fourth-order valence-electron chi connectivity index (χ4n) is 2.57. The van der Waals surface area contributed by atoms with Gasteiger partial charge >= 0.3 is 0 Å². The number of rotatable bonds is 1. The number of nitrogens with zero attached hydrogens (tertiary/aromatic N) is 2. The third-order valence-electron chi connectivity index (χ3n) is 3.54. The zero-order chi connectivity index (χ0) is 8.89. The molecule has 70 valence electrons. The maximum atomic E-state index is 4.34. The predicted molar refractivity (Wildman–Crippen MR) is 50.2 cm³/mol. The Morgan fingerprint density at radius 2 is 2.46 bits per heavy atom. The SMILES string of the molecule is CN1CC2(CC2)CC1c1ncc[nH]1. The largest absolute Gasteiger partial charge is 0.347 e. The van der Waals surface area contributed by atoms with Gasteiger partial charge in [-0.15, -0.1) is 0 Å². The first kappa shape index (κ1) is 7.56. The van der Waals surface area contributed by atoms with E-state index in [0.29, 0.717) is 11.5 Å². The second-order valence-electron chi connectivity index (χ2n) is 4.61. The van der Waals surface area contributed by atoms with Crippen LogP contribution in [-0.4, -0.2) is 28.5 Å². The molecule has 0 radical (unpaired) electrons. The van der Waals surface area contributed by atoms with Crippen LogP contribution in [0.4, 0.5) is 0 Å². The lowest BCUT2D eigenvalue weighted by molar-refractivity contribution is 0.303. The molecule has 2 aliphatic rings. The van der Waals surface area contributed by atoms with Crippen LogP contribution in [0.3, 0.4) is 0 Å². The highest BCUT2D eigenvalue weighted by atomic mass is 15.2. The van der Waals surface area contributed by atoms with Crippen LogP contribution < -0.4 is 0 Å². The number of nitrogens with one attached hydrogen (secondary N) is 1. The number of likely N-dealkylation sites (tertiary alicyclic amines) is 1. The monoisotopic (exact) mass is 177 g/mol. The van der Waals surface area contributed by atoms with Crippen molar-refractivity contribution in [2.24, 2.45) is 5.41 Å². The summed E-state index contributed by atoms with van der Waals surface area (Å²) in [5.74, 6) is 1.14. The van der Waals surface area contributed by atoms with E-state index in [1.54, 1.807) is 0 Å². The summed E-state index contributed by atoms with van der Waals surface area (Å²) in [5, 5.41) is 0. The lowest BCUT2D eigenvalue weighted by atomic mass is 10.0. The quantitative estimate of drug-likeness (QED) is 0.706. The smallest absolute Gasteiger partial charge is 0.123 e. The molecule has 1 aromatic rings. The average molecular weight is 177 g/mol. The Morgan fingerprint density at radius 1 is 1.62 bits per heavy atom. The zero-order valence-electron chi connectivity index (χ0n) is 7.95. The fraction of sp³-hybridized carbons (Fsp3) is 0.700. The van der Waals surface area contributed by atoms with E-state index in [2.05, 4.69) is 21.9 Å². The van der Waals surface area contributed by atoms with Crippen molar-refractivity contribution in [1.82, 2.24) is 14.9 Å². The van der Waals surface area contributed by atoms with E-state index in [9.17, 15) is 0 Å². The normalized spacial score (nSPS) is 31.3. The van der Waals surface area contributed by atoms with E-state index in [1.165, 1.54) is 25.8 Å². The van der Waals surface area contributed by atoms with E-state index < -0.39 is 0 Å². The first-order valence-electron chi connectivity index (χ1n) is 4.99. The van der Waals surface area contributed by atoms with Crippen LogP contribution in [0, 0.1) is 5.41 Å². The summed E-state index contributed by atoms with van der Waals surface area (Å²) in [7, 11) is 2.21. The van der Waals surface area contributed by atoms with Crippen molar-refractivity contribution in [3.63, 3.8) is 0 Å². The van der Waals surface area contributed by atoms with Gasteiger partial charge in [0.15, 0.2) is 0 Å². The number of imidazole rings is 1. The van der Waals surface area contributed by atoms with Crippen molar-refractivity contribution in [3.05, 3.63) is 18.2 Å². The van der Waals surface area contributed by atoms with Gasteiger partial charge in [-0.3, -0.25) is 4.90 Å². The van der Waals surface area contributed by atoms with Crippen LogP contribution in [-0.2, 0) is 0 Å². The summed E-state index contributed by atoms with van der Waals surface area (Å²) in [6, 6.07) is 0.539. The van der Waals surface area contributed by atoms with E-state index in [4.69, 9.17) is 0 Å². The Bertz CT molecular complexity index is 300. The molecule has 1 saturated heterocycles. The third-order valence-corrected chi connectivity index (χ3v) is 3.54. The van der Waals surface area contributed by atoms with Crippen LogP contribution in [0.5, 0.6) is 0 Å². The highest BCUT2D eigenvalue weighted by Crippen LogP contribution is 2.57. The highest BCUT2D eigenvalue weighted by Gasteiger charge is 2.51. The molecule has 3 heteroatoms. The summed E-state index contributed by atoms with van der Waals surface area (Å²) in [4.78, 5) is 10.0. The Labute approximate surface area is 78.2 Å². The molecule has 3 nitrogen and oxygen atoms in total. The number of hydrogen-bond acceptors (Lipinski definition) is 2. The maximum absolute atomic E-state index is 4.34. The molecule has 2 fully saturated rings. The molecule has 1 saturated carbocycles. The zero-order valence-corrected chi connectivity index (χ0v) is 7.95. The van der Waals surface area contributed by atoms with Crippen molar-refractivity contribution in [3.8, 4) is 0 Å². The standard InChI is InChI=1S/C10H15N3/c1-13-7-10(2-3-10)6-8(13)9-11-4-5-12-9/h4-5,8H,2-3,6-7H2,1H3,(H,11,12). The molecule has 1 aliphatic heterocycles. The second kappa shape index (κ2) is 2.35. The molecule has 1 unspecified atom stereocenters. The summed E-state index contributed by atoms with van der Waals surface area (Å²) in [6.07, 6.45) is 7.92. The van der Waals surface area contributed by atoms with Gasteiger partial charge < -0.3 is 4.98 Å². The Hall–Kier alpha value is -0.830. The lowest BCUT2D eigenvalue weighted by Crippen LogP contribution is -2.19. The van der Waals surface area contributed by atoms with Gasteiger partial charge in [0.1, 0.15) is 5.82 Å². The van der Waals surface area contributed by atoms with Crippen molar-refractivity contribution in [2.45, 2.75) is 25.3 Å². The first-order valence-corrected chi connectivity index (χ1v) is 4.99. The van der Waals surface area contributed by atoms with Crippen LogP contribution in [0.15, 0.2) is 12.4 Å². The summed E-state index contributed by atoms with van der Waals surface area (Å²) >= 11 is 0. The van der Waals surface area contributed by atoms with Gasteiger partial charge in [-0.05, 0) is 31.7 Å². The molecule has 1 N–H and O–H groups in total. The lowest BCUT2D eigenvalue weighted by Gasteiger charge is -2.16. The molecular weight excluding hydrogens is 162 g/mol. The molecule has 1 atom stereocenters. The fourth-order valence-corrected chi connectivity index (χ4v) is 2.57. The number of aromatic amines is 1. The Kier molecular flexibility index (Phi) is 1.37. The summed E-state index contributed by atoms with van der Waals surface area (Å²) in [6.45, 7) is 1.26. The number of H-pyrrole nitrogens is 1. The van der Waals surface area contributed by atoms with Gasteiger partial charge in [0.05, 0.1) is 6.04 Å². The average Bonchev–Trinajstić information content (AvgIpc) is 2.60. The van der Waals surface area contributed by atoms with Gasteiger partial charge in [-0.2, -0.15) is 0 Å². The first-order chi connectivity index (χ1) is 6.29. The minimum absolute atomic E-state index is 0.539. The van der Waals surface area contributed by atoms with Crippen LogP contribution in [0.25, 0.3) is 0 Å². The van der Waals surface area contributed by atoms with Gasteiger partial charge in [0.2, 0.25) is 0 Å². The van der Waals surface area contributed by atoms with Crippen molar-refractivity contribution in [1.29, 1.82) is 0 Å². The minimum atomic E-state index is 0.539. The van der Waals surface area contributed by atoms with Gasteiger partial charge in [-0.25, -0.2) is 4.98 Å². The number of hydrogen-bond donors (Lipinski definition) is 1. The highest BCUT2D eigenvalue weighted by molar-refractivity contribution is 5.09. The van der Waals surface area contributed by atoms with Crippen molar-refractivity contribution in [2.75, 3.05) is 13.6 Å². The maximum Gasteiger partial charge on any atom is 0.123 e. The second-order valence-corrected chi connectivity index (χ2v) is 4.61.